The van der Waals surface area contributed by atoms with Crippen molar-refractivity contribution in [3.05, 3.63) is 12.4 Å². The van der Waals surface area contributed by atoms with Crippen LogP contribution in [0, 0.1) is 0 Å². The van der Waals surface area contributed by atoms with E-state index in [4.69, 9.17) is 0 Å². The van der Waals surface area contributed by atoms with E-state index in [2.05, 4.69) is 15.6 Å². The Hall–Kier alpha value is -0.650. The maximum Gasteiger partial charge on any atom is 0.0932 e. The fourth-order valence-electron chi connectivity index (χ4n) is 1.32. The first-order valence-electron chi connectivity index (χ1n) is 3.62. The van der Waals surface area contributed by atoms with Gasteiger partial charge >= 0.3 is 0 Å². The SMILES string of the molecule is Cl.O[C@@H]1CNC[C@H]1n1ccnn1. The van der Waals surface area contributed by atoms with E-state index in [0.29, 0.717) is 6.54 Å². The fourth-order valence-corrected chi connectivity index (χ4v) is 1.32. The van der Waals surface area contributed by atoms with Gasteiger partial charge in [-0.05, 0) is 0 Å². The number of aliphatic hydroxyl groups excluding tert-OH is 1. The molecule has 2 N–H and O–H groups in total. The van der Waals surface area contributed by atoms with Crippen LogP contribution in [0.3, 0.4) is 0 Å². The number of aromatic nitrogens is 3. The van der Waals surface area contributed by atoms with Gasteiger partial charge in [0.05, 0.1) is 18.3 Å². The van der Waals surface area contributed by atoms with Crippen LogP contribution in [0.4, 0.5) is 0 Å². The van der Waals surface area contributed by atoms with Gasteiger partial charge in [-0.3, -0.25) is 0 Å². The Labute approximate surface area is 76.2 Å². The van der Waals surface area contributed by atoms with Crippen molar-refractivity contribution < 1.29 is 5.11 Å². The van der Waals surface area contributed by atoms with Crippen molar-refractivity contribution in [3.8, 4) is 0 Å². The third-order valence-corrected chi connectivity index (χ3v) is 1.93. The van der Waals surface area contributed by atoms with Crippen molar-refractivity contribution in [2.75, 3.05) is 13.1 Å². The van der Waals surface area contributed by atoms with Gasteiger partial charge in [0.2, 0.25) is 0 Å². The summed E-state index contributed by atoms with van der Waals surface area (Å²) in [5, 5.41) is 20.0. The molecule has 0 radical (unpaired) electrons. The molecule has 2 heterocycles. The summed E-state index contributed by atoms with van der Waals surface area (Å²) in [6.07, 6.45) is 3.04. The molecule has 0 bridgehead atoms. The van der Waals surface area contributed by atoms with Crippen LogP contribution < -0.4 is 5.32 Å². The van der Waals surface area contributed by atoms with E-state index >= 15 is 0 Å². The van der Waals surface area contributed by atoms with Crippen molar-refractivity contribution in [3.63, 3.8) is 0 Å². The van der Waals surface area contributed by atoms with Gasteiger partial charge in [-0.2, -0.15) is 0 Å². The average Bonchev–Trinajstić information content (AvgIpc) is 2.55. The highest BCUT2D eigenvalue weighted by Gasteiger charge is 2.26. The number of rotatable bonds is 1. The quantitative estimate of drug-likeness (QED) is 0.609. The summed E-state index contributed by atoms with van der Waals surface area (Å²) in [4.78, 5) is 0. The average molecular weight is 191 g/mol. The molecular formula is C6H11ClN4O. The Balaban J connectivity index is 0.000000720. The van der Waals surface area contributed by atoms with E-state index in [0.717, 1.165) is 6.54 Å². The third-order valence-electron chi connectivity index (χ3n) is 1.93. The molecule has 2 rings (SSSR count). The predicted molar refractivity (Wildman–Crippen MR) is 45.2 cm³/mol. The molecule has 1 aliphatic rings. The molecule has 0 amide bonds. The number of hydrogen-bond donors (Lipinski definition) is 2. The highest BCUT2D eigenvalue weighted by atomic mass is 35.5. The lowest BCUT2D eigenvalue weighted by atomic mass is 10.2. The van der Waals surface area contributed by atoms with E-state index in [1.807, 2.05) is 0 Å². The minimum atomic E-state index is -0.336. The Morgan fingerprint density at radius 3 is 2.83 bits per heavy atom. The van der Waals surface area contributed by atoms with Crippen LogP contribution in [0.25, 0.3) is 0 Å². The zero-order valence-corrected chi connectivity index (χ0v) is 7.24. The van der Waals surface area contributed by atoms with Crippen LogP contribution in [0.5, 0.6) is 0 Å². The monoisotopic (exact) mass is 190 g/mol. The van der Waals surface area contributed by atoms with Crippen molar-refractivity contribution in [2.45, 2.75) is 12.1 Å². The summed E-state index contributed by atoms with van der Waals surface area (Å²) in [6.45, 7) is 1.41. The summed E-state index contributed by atoms with van der Waals surface area (Å²) in [6, 6.07) is 0.0532. The van der Waals surface area contributed by atoms with Gasteiger partial charge in [-0.15, -0.1) is 17.5 Å². The molecule has 6 heteroatoms. The van der Waals surface area contributed by atoms with Gasteiger partial charge in [0, 0.05) is 19.3 Å². The minimum Gasteiger partial charge on any atom is -0.390 e. The van der Waals surface area contributed by atoms with Crippen LogP contribution >= 0.6 is 12.4 Å². The summed E-state index contributed by atoms with van der Waals surface area (Å²) in [5.41, 5.74) is 0. The molecule has 12 heavy (non-hydrogen) atoms. The molecule has 1 saturated heterocycles. The molecule has 0 aliphatic carbocycles. The molecule has 5 nitrogen and oxygen atoms in total. The second-order valence-corrected chi connectivity index (χ2v) is 2.68. The lowest BCUT2D eigenvalue weighted by Crippen LogP contribution is -2.22. The van der Waals surface area contributed by atoms with Gasteiger partial charge in [-0.25, -0.2) is 4.68 Å². The summed E-state index contributed by atoms with van der Waals surface area (Å²) < 4.78 is 1.69. The number of halogens is 1. The molecule has 0 aromatic carbocycles. The molecule has 1 aliphatic heterocycles. The molecule has 1 fully saturated rings. The summed E-state index contributed by atoms with van der Waals surface area (Å²) in [5.74, 6) is 0. The Morgan fingerprint density at radius 1 is 1.50 bits per heavy atom. The summed E-state index contributed by atoms with van der Waals surface area (Å²) >= 11 is 0. The molecule has 0 saturated carbocycles. The zero-order valence-electron chi connectivity index (χ0n) is 6.42. The Bertz CT molecular complexity index is 227. The fraction of sp³-hybridized carbons (Fsp3) is 0.667. The van der Waals surface area contributed by atoms with Gasteiger partial charge < -0.3 is 10.4 Å². The van der Waals surface area contributed by atoms with E-state index in [9.17, 15) is 5.11 Å². The second kappa shape index (κ2) is 3.84. The van der Waals surface area contributed by atoms with E-state index in [1.54, 1.807) is 17.1 Å². The van der Waals surface area contributed by atoms with Gasteiger partial charge in [0.1, 0.15) is 0 Å². The highest BCUT2D eigenvalue weighted by Crippen LogP contribution is 2.12. The number of nitrogens with zero attached hydrogens (tertiary/aromatic N) is 3. The highest BCUT2D eigenvalue weighted by molar-refractivity contribution is 5.85. The minimum absolute atomic E-state index is 0. The molecular weight excluding hydrogens is 180 g/mol. The number of β-amino-alcohol motifs (C(OH)–C–C–N with tert-alkyl or cyclic N) is 1. The van der Waals surface area contributed by atoms with E-state index in [1.165, 1.54) is 0 Å². The lowest BCUT2D eigenvalue weighted by Gasteiger charge is -2.11. The second-order valence-electron chi connectivity index (χ2n) is 2.68. The maximum absolute atomic E-state index is 9.41. The topological polar surface area (TPSA) is 63.0 Å². The molecule has 0 spiro atoms. The van der Waals surface area contributed by atoms with Crippen LogP contribution in [0.1, 0.15) is 6.04 Å². The maximum atomic E-state index is 9.41. The van der Waals surface area contributed by atoms with Crippen LogP contribution in [-0.4, -0.2) is 39.3 Å². The van der Waals surface area contributed by atoms with Crippen molar-refractivity contribution in [1.29, 1.82) is 0 Å². The van der Waals surface area contributed by atoms with Crippen molar-refractivity contribution in [1.82, 2.24) is 20.3 Å². The molecule has 2 atom stereocenters. The lowest BCUT2D eigenvalue weighted by molar-refractivity contribution is 0.143. The van der Waals surface area contributed by atoms with E-state index < -0.39 is 0 Å². The summed E-state index contributed by atoms with van der Waals surface area (Å²) in [7, 11) is 0. The van der Waals surface area contributed by atoms with Gasteiger partial charge in [0.25, 0.3) is 0 Å². The number of nitrogens with one attached hydrogen (secondary N) is 1. The third kappa shape index (κ3) is 1.57. The largest absolute Gasteiger partial charge is 0.390 e. The van der Waals surface area contributed by atoms with E-state index in [-0.39, 0.29) is 24.6 Å². The van der Waals surface area contributed by atoms with Gasteiger partial charge in [-0.1, -0.05) is 5.21 Å². The van der Waals surface area contributed by atoms with Crippen molar-refractivity contribution in [2.24, 2.45) is 0 Å². The normalized spacial score (nSPS) is 28.4. The van der Waals surface area contributed by atoms with Crippen molar-refractivity contribution >= 4 is 12.4 Å². The smallest absolute Gasteiger partial charge is 0.0932 e. The standard InChI is InChI=1S/C6H10N4O.ClH/c11-6-4-7-3-5(6)10-2-1-8-9-10;/h1-2,5-7,11H,3-4H2;1H/t5-,6-;/m1./s1. The van der Waals surface area contributed by atoms with Gasteiger partial charge in [0.15, 0.2) is 0 Å². The molecule has 0 unspecified atom stereocenters. The molecule has 1 aromatic heterocycles. The predicted octanol–water partition coefficient (Wildman–Crippen LogP) is -0.795. The zero-order chi connectivity index (χ0) is 7.68. The van der Waals surface area contributed by atoms with Crippen LogP contribution in [-0.2, 0) is 0 Å². The first kappa shape index (κ1) is 9.44. The van der Waals surface area contributed by atoms with Crippen LogP contribution in [0.2, 0.25) is 0 Å². The number of aliphatic hydroxyl groups is 1. The first-order chi connectivity index (χ1) is 5.38. The molecule has 68 valence electrons. The Morgan fingerprint density at radius 2 is 2.33 bits per heavy atom. The van der Waals surface area contributed by atoms with Crippen LogP contribution in [0.15, 0.2) is 12.4 Å². The Kier molecular flexibility index (Phi) is 3.02. The first-order valence-corrected chi connectivity index (χ1v) is 3.62. The number of hydrogen-bond acceptors (Lipinski definition) is 4. The molecule has 1 aromatic rings.